The fourth-order valence-electron chi connectivity index (χ4n) is 4.37. The van der Waals surface area contributed by atoms with Gasteiger partial charge in [-0.15, -0.1) is 0 Å². The first-order valence-corrected chi connectivity index (χ1v) is 12.4. The Bertz CT molecular complexity index is 1090. The Labute approximate surface area is 188 Å². The third-order valence-electron chi connectivity index (χ3n) is 5.81. The first-order valence-electron chi connectivity index (χ1n) is 10.9. The van der Waals surface area contributed by atoms with E-state index in [0.717, 1.165) is 42.7 Å². The van der Waals surface area contributed by atoms with Crippen LogP contribution >= 0.6 is 0 Å². The second kappa shape index (κ2) is 8.44. The lowest BCUT2D eigenvalue weighted by Crippen LogP contribution is -2.40. The zero-order chi connectivity index (χ0) is 23.0. The largest absolute Gasteiger partial charge is 0.486 e. The van der Waals surface area contributed by atoms with Gasteiger partial charge in [0.1, 0.15) is 13.2 Å². The van der Waals surface area contributed by atoms with E-state index in [2.05, 4.69) is 10.0 Å². The second-order valence-corrected chi connectivity index (χ2v) is 11.1. The van der Waals surface area contributed by atoms with E-state index in [1.54, 1.807) is 20.8 Å². The van der Waals surface area contributed by atoms with E-state index >= 15 is 0 Å². The average Bonchev–Trinajstić information content (AvgIpc) is 3.41. The highest BCUT2D eigenvalue weighted by atomic mass is 32.2. The van der Waals surface area contributed by atoms with E-state index in [0.29, 0.717) is 19.8 Å². The Kier molecular flexibility index (Phi) is 5.98. The molecule has 2 aromatic rings. The van der Waals surface area contributed by atoms with Crippen LogP contribution < -0.4 is 19.5 Å². The molecule has 2 N–H and O–H groups in total. The molecule has 0 unspecified atom stereocenters. The number of benzene rings is 1. The van der Waals surface area contributed by atoms with Crippen LogP contribution in [0.4, 0.5) is 0 Å². The van der Waals surface area contributed by atoms with Gasteiger partial charge in [-0.1, -0.05) is 18.9 Å². The van der Waals surface area contributed by atoms with Crippen molar-refractivity contribution >= 4 is 15.9 Å². The maximum atomic E-state index is 12.8. The molecule has 0 spiro atoms. The molecular weight excluding hydrogens is 432 g/mol. The molecule has 0 saturated heterocycles. The number of amides is 1. The highest BCUT2D eigenvalue weighted by Gasteiger charge is 2.37. The van der Waals surface area contributed by atoms with E-state index in [1.165, 1.54) is 12.1 Å². The molecule has 9 heteroatoms. The average molecular weight is 463 g/mol. The summed E-state index contributed by atoms with van der Waals surface area (Å²) in [4.78, 5) is 12.8. The number of carbonyl (C=O) groups is 1. The van der Waals surface area contributed by atoms with Gasteiger partial charge in [0.05, 0.1) is 0 Å². The first-order chi connectivity index (χ1) is 15.1. The molecule has 1 aromatic heterocycles. The van der Waals surface area contributed by atoms with Gasteiger partial charge in [0.15, 0.2) is 17.3 Å². The van der Waals surface area contributed by atoms with E-state index < -0.39 is 21.5 Å². The topological polar surface area (TPSA) is 107 Å². The van der Waals surface area contributed by atoms with Crippen LogP contribution in [0.15, 0.2) is 39.8 Å². The van der Waals surface area contributed by atoms with Crippen molar-refractivity contribution in [1.29, 1.82) is 0 Å². The molecule has 174 valence electrons. The van der Waals surface area contributed by atoms with Gasteiger partial charge in [0.2, 0.25) is 5.09 Å². The molecule has 1 aromatic carbocycles. The molecule has 0 atom stereocenters. The molecule has 1 saturated carbocycles. The SMILES string of the molecule is CC(C)(C)NS(=O)(=O)c1ccc(C(=O)NCC2(c3ccc4c(c3)OCCO4)CCCC2)o1. The van der Waals surface area contributed by atoms with Crippen LogP contribution in [-0.4, -0.2) is 39.6 Å². The fraction of sp³-hybridized carbons (Fsp3) is 0.522. The monoisotopic (exact) mass is 462 g/mol. The Morgan fingerprint density at radius 3 is 2.41 bits per heavy atom. The minimum Gasteiger partial charge on any atom is -0.486 e. The molecule has 1 fully saturated rings. The van der Waals surface area contributed by atoms with Gasteiger partial charge in [0, 0.05) is 17.5 Å². The Hall–Kier alpha value is -2.52. The summed E-state index contributed by atoms with van der Waals surface area (Å²) in [5, 5.41) is 2.68. The summed E-state index contributed by atoms with van der Waals surface area (Å²) >= 11 is 0. The zero-order valence-corrected chi connectivity index (χ0v) is 19.5. The predicted octanol–water partition coefficient (Wildman–Crippen LogP) is 3.37. The normalized spacial score (nSPS) is 17.8. The number of fused-ring (bicyclic) bond motifs is 1. The van der Waals surface area contributed by atoms with E-state index in [4.69, 9.17) is 13.9 Å². The molecule has 2 heterocycles. The van der Waals surface area contributed by atoms with E-state index in [1.807, 2.05) is 18.2 Å². The molecule has 1 aliphatic heterocycles. The smallest absolute Gasteiger partial charge is 0.287 e. The van der Waals surface area contributed by atoms with Crippen LogP contribution in [0.25, 0.3) is 0 Å². The minimum atomic E-state index is -3.85. The Balaban J connectivity index is 1.48. The van der Waals surface area contributed by atoms with Crippen molar-refractivity contribution in [1.82, 2.24) is 10.0 Å². The molecule has 0 bridgehead atoms. The van der Waals surface area contributed by atoms with Crippen LogP contribution in [-0.2, 0) is 15.4 Å². The van der Waals surface area contributed by atoms with Crippen molar-refractivity contribution in [3.8, 4) is 11.5 Å². The van der Waals surface area contributed by atoms with Crippen LogP contribution in [0.3, 0.4) is 0 Å². The number of nitrogens with one attached hydrogen (secondary N) is 2. The first kappa shape index (κ1) is 22.7. The lowest BCUT2D eigenvalue weighted by Gasteiger charge is -2.31. The van der Waals surface area contributed by atoms with Crippen molar-refractivity contribution in [2.24, 2.45) is 0 Å². The predicted molar refractivity (Wildman–Crippen MR) is 119 cm³/mol. The molecule has 1 amide bonds. The number of hydrogen-bond donors (Lipinski definition) is 2. The summed E-state index contributed by atoms with van der Waals surface area (Å²) < 4.78 is 44.2. The maximum Gasteiger partial charge on any atom is 0.287 e. The summed E-state index contributed by atoms with van der Waals surface area (Å²) in [5.41, 5.74) is 0.240. The molecule has 8 nitrogen and oxygen atoms in total. The quantitative estimate of drug-likeness (QED) is 0.682. The van der Waals surface area contributed by atoms with Gasteiger partial charge in [-0.3, -0.25) is 4.79 Å². The summed E-state index contributed by atoms with van der Waals surface area (Å²) in [5.74, 6) is 1.00. The lowest BCUT2D eigenvalue weighted by molar-refractivity contribution is 0.0910. The molecule has 2 aliphatic rings. The zero-order valence-electron chi connectivity index (χ0n) is 18.7. The molecule has 1 aliphatic carbocycles. The highest BCUT2D eigenvalue weighted by Crippen LogP contribution is 2.43. The third kappa shape index (κ3) is 4.78. The van der Waals surface area contributed by atoms with Crippen LogP contribution in [0.1, 0.15) is 62.6 Å². The highest BCUT2D eigenvalue weighted by molar-refractivity contribution is 7.89. The summed E-state index contributed by atoms with van der Waals surface area (Å²) in [6, 6.07) is 8.67. The standard InChI is InChI=1S/C23H30N2O6S/c1-22(2,3)25-32(27,28)20-9-8-18(31-20)21(26)24-15-23(10-4-5-11-23)16-6-7-17-19(14-16)30-13-12-29-17/h6-9,14,25H,4-5,10-13,15H2,1-3H3,(H,24,26). The number of carbonyl (C=O) groups excluding carboxylic acids is 1. The van der Waals surface area contributed by atoms with Gasteiger partial charge >= 0.3 is 0 Å². The summed E-state index contributed by atoms with van der Waals surface area (Å²) in [6.07, 6.45) is 4.04. The van der Waals surface area contributed by atoms with Gasteiger partial charge in [-0.2, -0.15) is 0 Å². The van der Waals surface area contributed by atoms with Crippen molar-refractivity contribution in [3.63, 3.8) is 0 Å². The van der Waals surface area contributed by atoms with E-state index in [-0.39, 0.29) is 16.3 Å². The molecule has 32 heavy (non-hydrogen) atoms. The Morgan fingerprint density at radius 2 is 1.72 bits per heavy atom. The van der Waals surface area contributed by atoms with Crippen molar-refractivity contribution in [2.45, 2.75) is 62.5 Å². The van der Waals surface area contributed by atoms with Gasteiger partial charge < -0.3 is 19.2 Å². The number of furan rings is 1. The summed E-state index contributed by atoms with van der Waals surface area (Å²) in [6.45, 7) is 6.70. The van der Waals surface area contributed by atoms with Crippen LogP contribution in [0.2, 0.25) is 0 Å². The number of sulfonamides is 1. The number of hydrogen-bond acceptors (Lipinski definition) is 6. The number of rotatable bonds is 6. The second-order valence-electron chi connectivity index (χ2n) is 9.50. The van der Waals surface area contributed by atoms with Crippen molar-refractivity contribution < 1.29 is 27.1 Å². The van der Waals surface area contributed by atoms with Crippen LogP contribution in [0, 0.1) is 0 Å². The van der Waals surface area contributed by atoms with Crippen LogP contribution in [0.5, 0.6) is 11.5 Å². The molecule has 4 rings (SSSR count). The minimum absolute atomic E-state index is 0.0328. The lowest BCUT2D eigenvalue weighted by atomic mass is 9.78. The fourth-order valence-corrected chi connectivity index (χ4v) is 5.72. The van der Waals surface area contributed by atoms with Gasteiger partial charge in [-0.05, 0) is 63.4 Å². The van der Waals surface area contributed by atoms with E-state index in [9.17, 15) is 13.2 Å². The molecule has 0 radical (unpaired) electrons. The van der Waals surface area contributed by atoms with Crippen molar-refractivity contribution in [2.75, 3.05) is 19.8 Å². The Morgan fingerprint density at radius 1 is 1.03 bits per heavy atom. The maximum absolute atomic E-state index is 12.8. The number of ether oxygens (including phenoxy) is 2. The van der Waals surface area contributed by atoms with Gasteiger partial charge in [-0.25, -0.2) is 13.1 Å². The third-order valence-corrected chi connectivity index (χ3v) is 7.44. The van der Waals surface area contributed by atoms with Crippen molar-refractivity contribution in [3.05, 3.63) is 41.7 Å². The summed E-state index contributed by atoms with van der Waals surface area (Å²) in [7, 11) is -3.85. The molecular formula is C23H30N2O6S. The van der Waals surface area contributed by atoms with Gasteiger partial charge in [0.25, 0.3) is 15.9 Å².